The van der Waals surface area contributed by atoms with Crippen LogP contribution in [0.25, 0.3) is 0 Å². The first-order valence-corrected chi connectivity index (χ1v) is 11.3. The van der Waals surface area contributed by atoms with Crippen LogP contribution in [0, 0.1) is 5.92 Å². The van der Waals surface area contributed by atoms with E-state index in [9.17, 15) is 14.4 Å². The largest absolute Gasteiger partial charge is 0.469 e. The van der Waals surface area contributed by atoms with E-state index in [2.05, 4.69) is 5.32 Å². The van der Waals surface area contributed by atoms with Gasteiger partial charge in [0.25, 0.3) is 0 Å². The summed E-state index contributed by atoms with van der Waals surface area (Å²) in [4.78, 5) is 39.9. The Morgan fingerprint density at radius 2 is 1.62 bits per heavy atom. The van der Waals surface area contributed by atoms with Crippen LogP contribution in [0.4, 0.5) is 9.59 Å². The minimum atomic E-state index is -0.697. The molecule has 8 heteroatoms. The fraction of sp³-hybridized carbons (Fsp3) is 0.423. The predicted octanol–water partition coefficient (Wildman–Crippen LogP) is 4.45. The van der Waals surface area contributed by atoms with Crippen molar-refractivity contribution in [3.05, 3.63) is 71.8 Å². The lowest BCUT2D eigenvalue weighted by atomic mass is 9.85. The lowest BCUT2D eigenvalue weighted by molar-refractivity contribution is -0.148. The third-order valence-corrected chi connectivity index (χ3v) is 5.49. The number of carbonyl (C=O) groups excluding carboxylic acids is 3. The van der Waals surface area contributed by atoms with Gasteiger partial charge in [-0.2, -0.15) is 0 Å². The summed E-state index contributed by atoms with van der Waals surface area (Å²) in [6.45, 7) is 5.50. The van der Waals surface area contributed by atoms with Crippen LogP contribution in [0.2, 0.25) is 0 Å². The molecule has 8 nitrogen and oxygen atoms in total. The number of ether oxygens (including phenoxy) is 3. The van der Waals surface area contributed by atoms with Crippen molar-refractivity contribution in [2.45, 2.75) is 51.5 Å². The number of methoxy groups -OCH3 is 1. The molecule has 1 heterocycles. The number of hydrogen-bond donors (Lipinski definition) is 1. The highest BCUT2D eigenvalue weighted by molar-refractivity contribution is 5.76. The zero-order chi connectivity index (χ0) is 24.7. The maximum Gasteiger partial charge on any atom is 0.410 e. The van der Waals surface area contributed by atoms with Crippen LogP contribution in [0.3, 0.4) is 0 Å². The number of hydrogen-bond acceptors (Lipinski definition) is 6. The molecule has 0 spiro atoms. The van der Waals surface area contributed by atoms with E-state index in [1.54, 1.807) is 20.8 Å². The van der Waals surface area contributed by atoms with Gasteiger partial charge in [-0.15, -0.1) is 0 Å². The summed E-state index contributed by atoms with van der Waals surface area (Å²) in [5.74, 6) is -1.09. The minimum absolute atomic E-state index is 0.0880. The first-order valence-electron chi connectivity index (χ1n) is 11.3. The summed E-state index contributed by atoms with van der Waals surface area (Å²) >= 11 is 0. The Labute approximate surface area is 200 Å². The van der Waals surface area contributed by atoms with Gasteiger partial charge in [0.2, 0.25) is 0 Å². The Morgan fingerprint density at radius 3 is 2.21 bits per heavy atom. The van der Waals surface area contributed by atoms with Crippen molar-refractivity contribution in [3.63, 3.8) is 0 Å². The van der Waals surface area contributed by atoms with E-state index >= 15 is 0 Å². The standard InChI is InChI=1S/C26H32N2O6/c1-26(2,3)34-24(30)27-21-15-20(23(29)32-4)16-28(22(21)19-13-9-6-10-14-19)25(31)33-17-18-11-7-5-8-12-18/h5-14,20-22H,15-17H2,1-4H3,(H,27,30)/t20-,21-,22-/m0/s1. The molecule has 1 fully saturated rings. The highest BCUT2D eigenvalue weighted by Crippen LogP contribution is 2.35. The molecule has 0 radical (unpaired) electrons. The van der Waals surface area contributed by atoms with Crippen LogP contribution in [0.15, 0.2) is 60.7 Å². The topological polar surface area (TPSA) is 94.2 Å². The fourth-order valence-corrected chi connectivity index (χ4v) is 4.07. The quantitative estimate of drug-likeness (QED) is 0.515. The molecule has 0 bridgehead atoms. The lowest BCUT2D eigenvalue weighted by Crippen LogP contribution is -2.56. The lowest BCUT2D eigenvalue weighted by Gasteiger charge is -2.43. The average molecular weight is 469 g/mol. The number of rotatable bonds is 5. The Hall–Kier alpha value is -3.55. The number of esters is 1. The molecule has 1 N–H and O–H groups in total. The SMILES string of the molecule is COC(=O)[C@H]1C[C@H](NC(=O)OC(C)(C)C)[C@H](c2ccccc2)N(C(=O)OCc2ccccc2)C1. The molecular weight excluding hydrogens is 436 g/mol. The molecule has 0 aromatic heterocycles. The molecule has 182 valence electrons. The number of benzene rings is 2. The van der Waals surface area contributed by atoms with Crippen molar-refractivity contribution in [1.29, 1.82) is 0 Å². The van der Waals surface area contributed by atoms with Gasteiger partial charge in [-0.3, -0.25) is 9.69 Å². The van der Waals surface area contributed by atoms with Crippen LogP contribution in [0.5, 0.6) is 0 Å². The van der Waals surface area contributed by atoms with Gasteiger partial charge < -0.3 is 19.5 Å². The van der Waals surface area contributed by atoms with Crippen molar-refractivity contribution in [2.75, 3.05) is 13.7 Å². The van der Waals surface area contributed by atoms with Crippen LogP contribution < -0.4 is 5.32 Å². The van der Waals surface area contributed by atoms with Gasteiger partial charge in [0, 0.05) is 6.54 Å². The first-order chi connectivity index (χ1) is 16.2. The van der Waals surface area contributed by atoms with Gasteiger partial charge in [0.05, 0.1) is 25.1 Å². The van der Waals surface area contributed by atoms with E-state index in [0.717, 1.165) is 11.1 Å². The minimum Gasteiger partial charge on any atom is -0.469 e. The molecule has 2 aromatic carbocycles. The molecule has 2 amide bonds. The number of likely N-dealkylation sites (tertiary alicyclic amines) is 1. The highest BCUT2D eigenvalue weighted by Gasteiger charge is 2.44. The van der Waals surface area contributed by atoms with Gasteiger partial charge in [-0.1, -0.05) is 60.7 Å². The number of alkyl carbamates (subject to hydrolysis) is 1. The second-order valence-electron chi connectivity index (χ2n) is 9.26. The summed E-state index contributed by atoms with van der Waals surface area (Å²) in [5, 5.41) is 2.87. The molecule has 0 aliphatic carbocycles. The van der Waals surface area contributed by atoms with Gasteiger partial charge in [0.1, 0.15) is 12.2 Å². The van der Waals surface area contributed by atoms with Crippen molar-refractivity contribution >= 4 is 18.2 Å². The first kappa shape index (κ1) is 25.1. The predicted molar refractivity (Wildman–Crippen MR) is 126 cm³/mol. The van der Waals surface area contributed by atoms with E-state index in [-0.39, 0.29) is 19.6 Å². The summed E-state index contributed by atoms with van der Waals surface area (Å²) in [6.07, 6.45) is -0.919. The number of carbonyl (C=O) groups is 3. The second kappa shape index (κ2) is 11.0. The van der Waals surface area contributed by atoms with Crippen LogP contribution in [0.1, 0.15) is 44.4 Å². The third kappa shape index (κ3) is 6.73. The van der Waals surface area contributed by atoms with E-state index in [0.29, 0.717) is 0 Å². The molecule has 1 aliphatic rings. The van der Waals surface area contributed by atoms with Crippen molar-refractivity contribution in [1.82, 2.24) is 10.2 Å². The van der Waals surface area contributed by atoms with Crippen molar-refractivity contribution < 1.29 is 28.6 Å². The third-order valence-electron chi connectivity index (χ3n) is 5.49. The Balaban J connectivity index is 1.90. The van der Waals surface area contributed by atoms with E-state index in [1.807, 2.05) is 60.7 Å². The smallest absolute Gasteiger partial charge is 0.410 e. The summed E-state index contributed by atoms with van der Waals surface area (Å²) in [6, 6.07) is 17.5. The molecule has 0 unspecified atom stereocenters. The van der Waals surface area contributed by atoms with E-state index < -0.39 is 41.8 Å². The van der Waals surface area contributed by atoms with Crippen molar-refractivity contribution in [3.8, 4) is 0 Å². The molecule has 3 atom stereocenters. The molecule has 3 rings (SSSR count). The maximum absolute atomic E-state index is 13.3. The van der Waals surface area contributed by atoms with Crippen molar-refractivity contribution in [2.24, 2.45) is 5.92 Å². The van der Waals surface area contributed by atoms with Gasteiger partial charge >= 0.3 is 18.2 Å². The van der Waals surface area contributed by atoms with E-state index in [1.165, 1.54) is 12.0 Å². The number of nitrogens with zero attached hydrogens (tertiary/aromatic N) is 1. The average Bonchev–Trinajstić information content (AvgIpc) is 2.81. The van der Waals surface area contributed by atoms with Crippen LogP contribution in [-0.2, 0) is 25.6 Å². The number of piperidine rings is 1. The Kier molecular flexibility index (Phi) is 8.15. The molecule has 1 saturated heterocycles. The molecular formula is C26H32N2O6. The Bertz CT molecular complexity index is 974. The normalized spacial score (nSPS) is 20.2. The van der Waals surface area contributed by atoms with Crippen LogP contribution >= 0.6 is 0 Å². The number of nitrogens with one attached hydrogen (secondary N) is 1. The second-order valence-corrected chi connectivity index (χ2v) is 9.26. The number of amides is 2. The molecule has 1 aliphatic heterocycles. The van der Waals surface area contributed by atoms with Gasteiger partial charge in [-0.05, 0) is 38.3 Å². The fourth-order valence-electron chi connectivity index (χ4n) is 4.07. The Morgan fingerprint density at radius 1 is 1.00 bits per heavy atom. The zero-order valence-electron chi connectivity index (χ0n) is 20.0. The van der Waals surface area contributed by atoms with Crippen LogP contribution in [-0.4, -0.2) is 48.4 Å². The van der Waals surface area contributed by atoms with E-state index in [4.69, 9.17) is 14.2 Å². The zero-order valence-corrected chi connectivity index (χ0v) is 20.0. The van der Waals surface area contributed by atoms with Gasteiger partial charge in [-0.25, -0.2) is 9.59 Å². The summed E-state index contributed by atoms with van der Waals surface area (Å²) < 4.78 is 16.0. The molecule has 34 heavy (non-hydrogen) atoms. The monoisotopic (exact) mass is 468 g/mol. The summed E-state index contributed by atoms with van der Waals surface area (Å²) in [7, 11) is 1.31. The van der Waals surface area contributed by atoms with Gasteiger partial charge in [0.15, 0.2) is 0 Å². The summed E-state index contributed by atoms with van der Waals surface area (Å²) in [5.41, 5.74) is 0.956. The highest BCUT2D eigenvalue weighted by atomic mass is 16.6. The molecule has 0 saturated carbocycles. The molecule has 2 aromatic rings. The maximum atomic E-state index is 13.3.